The number of nitrogens with zero attached hydrogens (tertiary/aromatic N) is 1. The number of ether oxygens (including phenoxy) is 1. The molecule has 1 amide bonds. The first-order valence-electron chi connectivity index (χ1n) is 11.3. The number of carboxylic acids is 1. The van der Waals surface area contributed by atoms with Crippen molar-refractivity contribution in [3.8, 4) is 5.75 Å². The highest BCUT2D eigenvalue weighted by molar-refractivity contribution is 6.32. The standard InChI is InChI=1S/C27H27ClN2O5/c1-30(16-17-7-3-2-4-8-17)24-21(29-26(32)18-11-13-19(14-12-18)27(33)34)15-23(25(24)31)35-22-10-6-5-9-20(22)28/h2-14,21,23-25,31H,15-16H2,1H3,(H,29,32)(H,33,34)/t21-,23-,24+,25+/m1/s1. The predicted molar refractivity (Wildman–Crippen MR) is 133 cm³/mol. The average Bonchev–Trinajstić information content (AvgIpc) is 3.15. The Morgan fingerprint density at radius 2 is 1.63 bits per heavy atom. The van der Waals surface area contributed by atoms with E-state index in [1.165, 1.54) is 24.3 Å². The summed E-state index contributed by atoms with van der Waals surface area (Å²) in [6.45, 7) is 0.570. The number of amides is 1. The highest BCUT2D eigenvalue weighted by atomic mass is 35.5. The third-order valence-corrected chi connectivity index (χ3v) is 6.55. The minimum atomic E-state index is -1.06. The van der Waals surface area contributed by atoms with Crippen LogP contribution in [-0.2, 0) is 6.54 Å². The fourth-order valence-electron chi connectivity index (χ4n) is 4.51. The molecule has 0 saturated heterocycles. The second-order valence-electron chi connectivity index (χ2n) is 8.67. The normalized spacial score (nSPS) is 21.6. The third kappa shape index (κ3) is 5.82. The third-order valence-electron chi connectivity index (χ3n) is 6.24. The number of hydrogen-bond acceptors (Lipinski definition) is 5. The number of hydrogen-bond donors (Lipinski definition) is 3. The zero-order chi connectivity index (χ0) is 24.9. The molecule has 8 heteroatoms. The molecule has 7 nitrogen and oxygen atoms in total. The van der Waals surface area contributed by atoms with Gasteiger partial charge >= 0.3 is 5.97 Å². The Labute approximate surface area is 208 Å². The van der Waals surface area contributed by atoms with Gasteiger partial charge in [0.25, 0.3) is 5.91 Å². The van der Waals surface area contributed by atoms with Gasteiger partial charge in [0.15, 0.2) is 0 Å². The van der Waals surface area contributed by atoms with E-state index in [0.717, 1.165) is 5.56 Å². The van der Waals surface area contributed by atoms with Gasteiger partial charge in [0, 0.05) is 18.5 Å². The monoisotopic (exact) mass is 494 g/mol. The molecule has 3 aromatic carbocycles. The van der Waals surface area contributed by atoms with Crippen molar-refractivity contribution in [1.29, 1.82) is 0 Å². The second-order valence-corrected chi connectivity index (χ2v) is 9.07. The fourth-order valence-corrected chi connectivity index (χ4v) is 4.69. The molecule has 0 heterocycles. The number of aliphatic hydroxyl groups excluding tert-OH is 1. The molecule has 1 aliphatic rings. The van der Waals surface area contributed by atoms with E-state index in [-0.39, 0.29) is 11.5 Å². The Kier molecular flexibility index (Phi) is 7.70. The first kappa shape index (κ1) is 24.7. The van der Waals surface area contributed by atoms with Gasteiger partial charge < -0.3 is 20.3 Å². The molecular formula is C27H27ClN2O5. The lowest BCUT2D eigenvalue weighted by Gasteiger charge is -2.32. The van der Waals surface area contributed by atoms with Crippen molar-refractivity contribution in [2.45, 2.75) is 37.3 Å². The highest BCUT2D eigenvalue weighted by Crippen LogP contribution is 2.32. The van der Waals surface area contributed by atoms with E-state index in [1.54, 1.807) is 18.2 Å². The number of halogens is 1. The number of carbonyl (C=O) groups excluding carboxylic acids is 1. The van der Waals surface area contributed by atoms with Crippen LogP contribution in [0.2, 0.25) is 5.02 Å². The summed E-state index contributed by atoms with van der Waals surface area (Å²) >= 11 is 6.26. The summed E-state index contributed by atoms with van der Waals surface area (Å²) in [4.78, 5) is 26.1. The Bertz CT molecular complexity index is 1170. The second kappa shape index (κ2) is 10.9. The molecule has 0 aromatic heterocycles. The molecule has 0 spiro atoms. The molecule has 4 rings (SSSR count). The number of para-hydroxylation sites is 1. The van der Waals surface area contributed by atoms with Crippen LogP contribution in [0.25, 0.3) is 0 Å². The van der Waals surface area contributed by atoms with E-state index >= 15 is 0 Å². The van der Waals surface area contributed by atoms with Crippen LogP contribution in [0.3, 0.4) is 0 Å². The van der Waals surface area contributed by atoms with Gasteiger partial charge in [-0.25, -0.2) is 4.79 Å². The molecule has 0 radical (unpaired) electrons. The molecule has 1 saturated carbocycles. The summed E-state index contributed by atoms with van der Waals surface area (Å²) in [5.41, 5.74) is 1.52. The average molecular weight is 495 g/mol. The number of benzene rings is 3. The Morgan fingerprint density at radius 3 is 2.29 bits per heavy atom. The van der Waals surface area contributed by atoms with Crippen molar-refractivity contribution in [1.82, 2.24) is 10.2 Å². The van der Waals surface area contributed by atoms with Gasteiger partial charge in [-0.2, -0.15) is 0 Å². The molecule has 1 fully saturated rings. The van der Waals surface area contributed by atoms with Crippen LogP contribution in [0.1, 0.15) is 32.7 Å². The SMILES string of the molecule is CN(Cc1ccccc1)[C@@H]1[C@@H](O)[C@H](Oc2ccccc2Cl)C[C@H]1NC(=O)c1ccc(C(=O)O)cc1. The summed E-state index contributed by atoms with van der Waals surface area (Å²) in [7, 11) is 1.90. The maximum atomic E-state index is 13.0. The largest absolute Gasteiger partial charge is 0.486 e. The number of likely N-dealkylation sites (N-methyl/N-ethyl adjacent to an activating group) is 1. The maximum Gasteiger partial charge on any atom is 0.335 e. The van der Waals surface area contributed by atoms with Crippen molar-refractivity contribution in [3.63, 3.8) is 0 Å². The van der Waals surface area contributed by atoms with Gasteiger partial charge in [0.05, 0.1) is 22.7 Å². The lowest BCUT2D eigenvalue weighted by Crippen LogP contribution is -2.51. The summed E-state index contributed by atoms with van der Waals surface area (Å²) < 4.78 is 6.08. The lowest BCUT2D eigenvalue weighted by molar-refractivity contribution is 0.0125. The molecule has 1 aliphatic carbocycles. The van der Waals surface area contributed by atoms with Gasteiger partial charge in [0.1, 0.15) is 18.0 Å². The first-order chi connectivity index (χ1) is 16.8. The molecule has 0 aliphatic heterocycles. The van der Waals surface area contributed by atoms with Crippen molar-refractivity contribution in [2.24, 2.45) is 0 Å². The van der Waals surface area contributed by atoms with Crippen LogP contribution in [0.4, 0.5) is 0 Å². The summed E-state index contributed by atoms with van der Waals surface area (Å²) in [6, 6.07) is 21.8. The van der Waals surface area contributed by atoms with E-state index in [1.807, 2.05) is 48.3 Å². The first-order valence-corrected chi connectivity index (χ1v) is 11.7. The van der Waals surface area contributed by atoms with Gasteiger partial charge in [-0.15, -0.1) is 0 Å². The van der Waals surface area contributed by atoms with E-state index in [9.17, 15) is 14.7 Å². The van der Waals surface area contributed by atoms with Crippen molar-refractivity contribution >= 4 is 23.5 Å². The minimum Gasteiger partial charge on any atom is -0.486 e. The topological polar surface area (TPSA) is 99.1 Å². The summed E-state index contributed by atoms with van der Waals surface area (Å²) in [6.07, 6.45) is -1.10. The number of carbonyl (C=O) groups is 2. The lowest BCUT2D eigenvalue weighted by atomic mass is 10.1. The zero-order valence-corrected chi connectivity index (χ0v) is 19.9. The van der Waals surface area contributed by atoms with E-state index in [0.29, 0.717) is 29.3 Å². The quantitative estimate of drug-likeness (QED) is 0.440. The molecule has 0 bridgehead atoms. The molecule has 35 heavy (non-hydrogen) atoms. The van der Waals surface area contributed by atoms with Gasteiger partial charge in [0.2, 0.25) is 0 Å². The Balaban J connectivity index is 1.55. The fraction of sp³-hybridized carbons (Fsp3) is 0.259. The van der Waals surface area contributed by atoms with Crippen LogP contribution < -0.4 is 10.1 Å². The Morgan fingerprint density at radius 1 is 1.00 bits per heavy atom. The highest BCUT2D eigenvalue weighted by Gasteiger charge is 2.46. The number of aliphatic hydroxyl groups is 1. The summed E-state index contributed by atoms with van der Waals surface area (Å²) in [5.74, 6) is -0.937. The predicted octanol–water partition coefficient (Wildman–Crippen LogP) is 3.85. The van der Waals surface area contributed by atoms with Crippen molar-refractivity contribution < 1.29 is 24.5 Å². The molecule has 3 aromatic rings. The van der Waals surface area contributed by atoms with E-state index < -0.39 is 30.3 Å². The van der Waals surface area contributed by atoms with E-state index in [4.69, 9.17) is 21.4 Å². The summed E-state index contributed by atoms with van der Waals surface area (Å²) in [5, 5.41) is 23.8. The van der Waals surface area contributed by atoms with Crippen LogP contribution in [-0.4, -0.2) is 58.3 Å². The Hall–Kier alpha value is -3.39. The van der Waals surface area contributed by atoms with Gasteiger partial charge in [-0.05, 0) is 49.0 Å². The molecular weight excluding hydrogens is 468 g/mol. The van der Waals surface area contributed by atoms with Gasteiger partial charge in [-0.1, -0.05) is 54.1 Å². The zero-order valence-electron chi connectivity index (χ0n) is 19.2. The smallest absolute Gasteiger partial charge is 0.335 e. The van der Waals surface area contributed by atoms with E-state index in [2.05, 4.69) is 5.32 Å². The van der Waals surface area contributed by atoms with Crippen molar-refractivity contribution in [3.05, 3.63) is 101 Å². The maximum absolute atomic E-state index is 13.0. The van der Waals surface area contributed by atoms with Crippen LogP contribution >= 0.6 is 11.6 Å². The number of rotatable bonds is 8. The number of nitrogens with one attached hydrogen (secondary N) is 1. The van der Waals surface area contributed by atoms with Crippen LogP contribution in [0, 0.1) is 0 Å². The molecule has 4 atom stereocenters. The molecule has 3 N–H and O–H groups in total. The number of aromatic carboxylic acids is 1. The number of carboxylic acid groups (broad SMARTS) is 1. The van der Waals surface area contributed by atoms with Crippen LogP contribution in [0.5, 0.6) is 5.75 Å². The molecule has 0 unspecified atom stereocenters. The van der Waals surface area contributed by atoms with Gasteiger partial charge in [-0.3, -0.25) is 9.69 Å². The van der Waals surface area contributed by atoms with Crippen molar-refractivity contribution in [2.75, 3.05) is 7.05 Å². The van der Waals surface area contributed by atoms with Crippen LogP contribution in [0.15, 0.2) is 78.9 Å². The minimum absolute atomic E-state index is 0.103. The molecule has 182 valence electrons.